The SMILES string of the molecule is Cc1ccc(C2CC(=O)C(C=NCC[NH+]3CC[NH+](CC(=O)Nc4cccc(Cl)c4C)CC3)C(=O)C2)cc1. The molecular formula is C29H37ClN4O3+2. The molecule has 2 fully saturated rings. The maximum Gasteiger partial charge on any atom is 0.279 e. The van der Waals surface area contributed by atoms with Crippen molar-refractivity contribution in [3.05, 3.63) is 64.2 Å². The van der Waals surface area contributed by atoms with E-state index >= 15 is 0 Å². The Kier molecular flexibility index (Phi) is 9.24. The highest BCUT2D eigenvalue weighted by molar-refractivity contribution is 6.31. The van der Waals surface area contributed by atoms with Crippen LogP contribution in [0.5, 0.6) is 0 Å². The standard InChI is InChI=1S/C29H35ClN4O3/c1-20-6-8-22(9-7-20)23-16-27(35)24(28(36)17-23)18-31-10-11-33-12-14-34(15-13-33)19-29(37)32-26-5-3-4-25(30)21(26)2/h3-9,18,23-24H,10-17,19H2,1-2H3,(H,32,37)/p+2. The molecule has 196 valence electrons. The van der Waals surface area contributed by atoms with Gasteiger partial charge in [0.05, 0.1) is 13.1 Å². The Hall–Kier alpha value is -2.87. The van der Waals surface area contributed by atoms with Gasteiger partial charge in [-0.05, 0) is 43.0 Å². The monoisotopic (exact) mass is 524 g/mol. The van der Waals surface area contributed by atoms with Crippen molar-refractivity contribution in [2.45, 2.75) is 32.6 Å². The van der Waals surface area contributed by atoms with Crippen LogP contribution in [-0.4, -0.2) is 69.5 Å². The normalized spacial score (nSPS) is 24.4. The number of carbonyl (C=O) groups is 3. The summed E-state index contributed by atoms with van der Waals surface area (Å²) in [7, 11) is 0. The summed E-state index contributed by atoms with van der Waals surface area (Å²) in [6, 6.07) is 13.6. The van der Waals surface area contributed by atoms with E-state index in [0.717, 1.165) is 49.5 Å². The third-order valence-corrected chi connectivity index (χ3v) is 8.01. The number of aryl methyl sites for hydroxylation is 1. The molecular weight excluding hydrogens is 488 g/mol. The van der Waals surface area contributed by atoms with Crippen molar-refractivity contribution in [2.75, 3.05) is 51.1 Å². The molecule has 0 aromatic heterocycles. The van der Waals surface area contributed by atoms with Crippen LogP contribution in [0.3, 0.4) is 0 Å². The predicted molar refractivity (Wildman–Crippen MR) is 146 cm³/mol. The number of quaternary nitrogens is 2. The van der Waals surface area contributed by atoms with Crippen LogP contribution >= 0.6 is 11.6 Å². The summed E-state index contributed by atoms with van der Waals surface area (Å²) in [6.07, 6.45) is 2.37. The Morgan fingerprint density at radius 3 is 2.32 bits per heavy atom. The van der Waals surface area contributed by atoms with E-state index in [4.69, 9.17) is 11.6 Å². The van der Waals surface area contributed by atoms with Gasteiger partial charge in [-0.1, -0.05) is 47.5 Å². The molecule has 0 atom stereocenters. The van der Waals surface area contributed by atoms with Gasteiger partial charge in [0.2, 0.25) is 0 Å². The Balaban J connectivity index is 1.16. The number of rotatable bonds is 8. The van der Waals surface area contributed by atoms with Gasteiger partial charge in [-0.2, -0.15) is 0 Å². The minimum absolute atomic E-state index is 0.000139. The molecule has 1 saturated heterocycles. The lowest BCUT2D eigenvalue weighted by atomic mass is 9.77. The van der Waals surface area contributed by atoms with Crippen LogP contribution < -0.4 is 15.1 Å². The second kappa shape index (κ2) is 12.6. The van der Waals surface area contributed by atoms with Crippen LogP contribution in [0.15, 0.2) is 47.5 Å². The van der Waals surface area contributed by atoms with Crippen LogP contribution in [-0.2, 0) is 14.4 Å². The Bertz CT molecular complexity index is 1140. The Morgan fingerprint density at radius 2 is 1.65 bits per heavy atom. The van der Waals surface area contributed by atoms with Crippen molar-refractivity contribution in [3.8, 4) is 0 Å². The highest BCUT2D eigenvalue weighted by atomic mass is 35.5. The van der Waals surface area contributed by atoms with E-state index < -0.39 is 5.92 Å². The first-order chi connectivity index (χ1) is 17.8. The molecule has 0 unspecified atom stereocenters. The number of hydrogen-bond acceptors (Lipinski definition) is 4. The van der Waals surface area contributed by atoms with Gasteiger partial charge in [-0.3, -0.25) is 19.4 Å². The predicted octanol–water partition coefficient (Wildman–Crippen LogP) is 1.08. The summed E-state index contributed by atoms with van der Waals surface area (Å²) in [5, 5.41) is 3.63. The van der Waals surface area contributed by atoms with Crippen molar-refractivity contribution in [3.63, 3.8) is 0 Å². The number of benzene rings is 2. The van der Waals surface area contributed by atoms with Crippen LogP contribution in [0.4, 0.5) is 5.69 Å². The van der Waals surface area contributed by atoms with E-state index in [0.29, 0.717) is 31.0 Å². The van der Waals surface area contributed by atoms with E-state index in [1.165, 1.54) is 15.4 Å². The van der Waals surface area contributed by atoms with Gasteiger partial charge >= 0.3 is 0 Å². The second-order valence-corrected chi connectivity index (χ2v) is 10.8. The highest BCUT2D eigenvalue weighted by Crippen LogP contribution is 2.31. The van der Waals surface area contributed by atoms with E-state index in [9.17, 15) is 14.4 Å². The first-order valence-corrected chi connectivity index (χ1v) is 13.5. The van der Waals surface area contributed by atoms with Gasteiger partial charge in [-0.15, -0.1) is 0 Å². The van der Waals surface area contributed by atoms with Gasteiger partial charge in [0, 0.05) is 29.8 Å². The van der Waals surface area contributed by atoms with E-state index in [2.05, 4.69) is 10.3 Å². The van der Waals surface area contributed by atoms with Gasteiger partial charge in [0.1, 0.15) is 43.7 Å². The third-order valence-electron chi connectivity index (χ3n) is 7.60. The number of anilines is 1. The van der Waals surface area contributed by atoms with E-state index in [-0.39, 0.29) is 23.4 Å². The molecule has 1 aliphatic carbocycles. The zero-order chi connectivity index (χ0) is 26.4. The minimum Gasteiger partial charge on any atom is -0.324 e. The maximum absolute atomic E-state index is 12.7. The number of carbonyl (C=O) groups excluding carboxylic acids is 3. The highest BCUT2D eigenvalue weighted by Gasteiger charge is 2.35. The molecule has 0 radical (unpaired) electrons. The van der Waals surface area contributed by atoms with Gasteiger partial charge < -0.3 is 15.1 Å². The van der Waals surface area contributed by atoms with Crippen molar-refractivity contribution in [1.29, 1.82) is 0 Å². The summed E-state index contributed by atoms with van der Waals surface area (Å²) >= 11 is 6.15. The molecule has 0 bridgehead atoms. The molecule has 2 aromatic carbocycles. The molecule has 2 aromatic rings. The van der Waals surface area contributed by atoms with Crippen LogP contribution in [0.25, 0.3) is 0 Å². The Labute approximate surface area is 223 Å². The van der Waals surface area contributed by atoms with Crippen molar-refractivity contribution in [2.24, 2.45) is 10.9 Å². The lowest BCUT2D eigenvalue weighted by molar-refractivity contribution is -1.01. The molecule has 0 spiro atoms. The fourth-order valence-corrected chi connectivity index (χ4v) is 5.36. The smallest absolute Gasteiger partial charge is 0.279 e. The number of Topliss-reactive ketones (excluding diaryl/α,β-unsaturated/α-hetero) is 2. The van der Waals surface area contributed by atoms with Gasteiger partial charge in [0.15, 0.2) is 6.54 Å². The first-order valence-electron chi connectivity index (χ1n) is 13.1. The summed E-state index contributed by atoms with van der Waals surface area (Å²) in [6.45, 7) is 9.59. The number of aliphatic imine (C=N–C) groups is 1. The van der Waals surface area contributed by atoms with Gasteiger partial charge in [0.25, 0.3) is 5.91 Å². The fourth-order valence-electron chi connectivity index (χ4n) is 5.18. The average Bonchev–Trinajstić information content (AvgIpc) is 2.87. The van der Waals surface area contributed by atoms with E-state index in [1.54, 1.807) is 6.21 Å². The molecule has 3 N–H and O–H groups in total. The molecule has 7 nitrogen and oxygen atoms in total. The number of amides is 1. The van der Waals surface area contributed by atoms with Crippen molar-refractivity contribution < 1.29 is 24.2 Å². The number of hydrogen-bond donors (Lipinski definition) is 3. The van der Waals surface area contributed by atoms with Crippen LogP contribution in [0.1, 0.15) is 35.4 Å². The zero-order valence-corrected chi connectivity index (χ0v) is 22.4. The Morgan fingerprint density at radius 1 is 1.00 bits per heavy atom. The molecule has 2 aliphatic rings. The molecule has 8 heteroatoms. The zero-order valence-electron chi connectivity index (χ0n) is 21.7. The van der Waals surface area contributed by atoms with Gasteiger partial charge in [-0.25, -0.2) is 0 Å². The number of ketones is 2. The summed E-state index contributed by atoms with van der Waals surface area (Å²) in [5.41, 5.74) is 3.87. The molecule has 4 rings (SSSR count). The average molecular weight is 525 g/mol. The summed E-state index contributed by atoms with van der Waals surface area (Å²) < 4.78 is 0. The number of piperazine rings is 1. The number of halogens is 1. The molecule has 37 heavy (non-hydrogen) atoms. The quantitative estimate of drug-likeness (QED) is 0.357. The summed E-state index contributed by atoms with van der Waals surface area (Å²) in [5.74, 6) is -0.771. The molecule has 1 aliphatic heterocycles. The number of nitrogens with one attached hydrogen (secondary N) is 3. The maximum atomic E-state index is 12.7. The second-order valence-electron chi connectivity index (χ2n) is 10.4. The van der Waals surface area contributed by atoms with Crippen molar-refractivity contribution in [1.82, 2.24) is 0 Å². The minimum atomic E-state index is -0.695. The largest absolute Gasteiger partial charge is 0.324 e. The lowest BCUT2D eigenvalue weighted by Gasteiger charge is -2.29. The molecule has 1 saturated carbocycles. The van der Waals surface area contributed by atoms with Crippen molar-refractivity contribution >= 4 is 41.0 Å². The lowest BCUT2D eigenvalue weighted by Crippen LogP contribution is -3.28. The third kappa shape index (κ3) is 7.34. The molecule has 1 amide bonds. The fraction of sp³-hybridized carbons (Fsp3) is 0.448. The topological polar surface area (TPSA) is 84.5 Å². The number of nitrogens with zero attached hydrogens (tertiary/aromatic N) is 1. The first kappa shape index (κ1) is 27.2. The van der Waals surface area contributed by atoms with Crippen LogP contribution in [0, 0.1) is 19.8 Å². The summed E-state index contributed by atoms with van der Waals surface area (Å²) in [4.78, 5) is 45.0. The molecule has 1 heterocycles. The van der Waals surface area contributed by atoms with Crippen LogP contribution in [0.2, 0.25) is 5.02 Å². The van der Waals surface area contributed by atoms with E-state index in [1.807, 2.05) is 56.3 Å².